The number of aromatic carboxylic acids is 1. The number of halogens is 2. The second-order valence-electron chi connectivity index (χ2n) is 7.39. The average molecular weight is 472 g/mol. The summed E-state index contributed by atoms with van der Waals surface area (Å²) in [6, 6.07) is 11.8. The van der Waals surface area contributed by atoms with Gasteiger partial charge in [0, 0.05) is 35.1 Å². The highest BCUT2D eigenvalue weighted by Crippen LogP contribution is 2.27. The molecule has 0 aliphatic heterocycles. The molecule has 0 aliphatic carbocycles. The van der Waals surface area contributed by atoms with Crippen LogP contribution in [0.25, 0.3) is 10.9 Å². The number of hydrogen-bond donors (Lipinski definition) is 2. The zero-order valence-electron chi connectivity index (χ0n) is 17.3. The van der Waals surface area contributed by atoms with E-state index in [-0.39, 0.29) is 24.7 Å². The Kier molecular flexibility index (Phi) is 5.95. The maximum absolute atomic E-state index is 13.0. The molecule has 164 valence electrons. The summed E-state index contributed by atoms with van der Waals surface area (Å²) in [5.41, 5.74) is 3.38. The zero-order valence-corrected chi connectivity index (χ0v) is 18.8. The van der Waals surface area contributed by atoms with Crippen LogP contribution in [0.4, 0.5) is 0 Å². The number of fused-ring (bicyclic) bond motifs is 1. The van der Waals surface area contributed by atoms with Crippen molar-refractivity contribution in [2.45, 2.75) is 26.9 Å². The summed E-state index contributed by atoms with van der Waals surface area (Å²) in [5.74, 6) is -0.774. The van der Waals surface area contributed by atoms with E-state index in [0.717, 1.165) is 11.1 Å². The number of rotatable bonds is 6. The molecule has 0 saturated heterocycles. The second-order valence-corrected chi connectivity index (χ2v) is 8.21. The highest BCUT2D eigenvalue weighted by Gasteiger charge is 2.20. The van der Waals surface area contributed by atoms with Gasteiger partial charge in [-0.2, -0.15) is 0 Å². The Labute approximate surface area is 193 Å². The van der Waals surface area contributed by atoms with Crippen LogP contribution in [0.1, 0.15) is 43.4 Å². The molecule has 4 rings (SSSR count). The van der Waals surface area contributed by atoms with Crippen LogP contribution in [-0.2, 0) is 13.1 Å². The number of hydrogen-bond acceptors (Lipinski definition) is 4. The number of amides is 1. The first kappa shape index (κ1) is 21.9. The van der Waals surface area contributed by atoms with Gasteiger partial charge in [-0.15, -0.1) is 0 Å². The molecule has 0 radical (unpaired) electrons. The van der Waals surface area contributed by atoms with Crippen molar-refractivity contribution in [2.24, 2.45) is 0 Å². The predicted molar refractivity (Wildman–Crippen MR) is 122 cm³/mol. The Bertz CT molecular complexity index is 1340. The van der Waals surface area contributed by atoms with Crippen molar-refractivity contribution in [3.63, 3.8) is 0 Å². The van der Waals surface area contributed by atoms with Gasteiger partial charge in [0.1, 0.15) is 11.5 Å². The van der Waals surface area contributed by atoms with Gasteiger partial charge < -0.3 is 19.5 Å². The normalized spacial score (nSPS) is 11.1. The number of carboxylic acid groups (broad SMARTS) is 1. The molecule has 4 aromatic rings. The quantitative estimate of drug-likeness (QED) is 0.401. The number of carboxylic acids is 1. The van der Waals surface area contributed by atoms with Crippen molar-refractivity contribution in [1.82, 2.24) is 15.0 Å². The minimum Gasteiger partial charge on any atom is -0.477 e. The molecule has 0 fully saturated rings. The smallest absolute Gasteiger partial charge is 0.352 e. The van der Waals surface area contributed by atoms with Crippen molar-refractivity contribution >= 4 is 46.0 Å². The Morgan fingerprint density at radius 2 is 1.91 bits per heavy atom. The van der Waals surface area contributed by atoms with Crippen LogP contribution < -0.4 is 5.32 Å². The first-order chi connectivity index (χ1) is 15.3. The van der Waals surface area contributed by atoms with E-state index < -0.39 is 5.97 Å². The molecule has 0 saturated carbocycles. The third-order valence-electron chi connectivity index (χ3n) is 5.34. The molecule has 2 aromatic heterocycles. The monoisotopic (exact) mass is 471 g/mol. The molecular formula is C23H19Cl2N3O4. The minimum atomic E-state index is -1.09. The molecule has 0 atom stereocenters. The number of carbonyl (C=O) groups excluding carboxylic acids is 1. The SMILES string of the molecule is Cc1noc(C)c1CNC(=O)c1cccc2c1cc(C(=O)O)n2Cc1ccc(Cl)c(Cl)c1. The number of nitrogens with zero attached hydrogens (tertiary/aromatic N) is 2. The summed E-state index contributed by atoms with van der Waals surface area (Å²) >= 11 is 12.1. The van der Waals surface area contributed by atoms with E-state index in [1.54, 1.807) is 54.8 Å². The molecule has 9 heteroatoms. The van der Waals surface area contributed by atoms with Crippen molar-refractivity contribution in [3.8, 4) is 0 Å². The van der Waals surface area contributed by atoms with E-state index in [1.807, 2.05) is 0 Å². The van der Waals surface area contributed by atoms with E-state index in [0.29, 0.717) is 38.0 Å². The van der Waals surface area contributed by atoms with Gasteiger partial charge in [-0.05, 0) is 49.7 Å². The lowest BCUT2D eigenvalue weighted by Gasteiger charge is -2.10. The number of carbonyl (C=O) groups is 2. The summed E-state index contributed by atoms with van der Waals surface area (Å²) in [4.78, 5) is 24.9. The maximum Gasteiger partial charge on any atom is 0.352 e. The highest BCUT2D eigenvalue weighted by atomic mass is 35.5. The molecule has 0 spiro atoms. The zero-order chi connectivity index (χ0) is 23.0. The Balaban J connectivity index is 1.71. The summed E-state index contributed by atoms with van der Waals surface area (Å²) < 4.78 is 6.77. The minimum absolute atomic E-state index is 0.0667. The van der Waals surface area contributed by atoms with Gasteiger partial charge >= 0.3 is 5.97 Å². The van der Waals surface area contributed by atoms with Gasteiger partial charge in [0.2, 0.25) is 0 Å². The standard InChI is InChI=1S/C23H19Cl2N3O4/c1-12-17(13(2)32-27-12)10-26-22(29)15-4-3-5-20-16(15)9-21(23(30)31)28(20)11-14-6-7-18(24)19(25)8-14/h3-9H,10-11H2,1-2H3,(H,26,29)(H,30,31). The fourth-order valence-corrected chi connectivity index (χ4v) is 3.99. The van der Waals surface area contributed by atoms with E-state index in [2.05, 4.69) is 10.5 Å². The highest BCUT2D eigenvalue weighted by molar-refractivity contribution is 6.42. The van der Waals surface area contributed by atoms with E-state index in [4.69, 9.17) is 27.7 Å². The molecule has 2 aromatic carbocycles. The number of nitrogens with one attached hydrogen (secondary N) is 1. The summed E-state index contributed by atoms with van der Waals surface area (Å²) in [5, 5.41) is 17.9. The fourth-order valence-electron chi connectivity index (χ4n) is 3.67. The van der Waals surface area contributed by atoms with E-state index >= 15 is 0 Å². The Morgan fingerprint density at radius 1 is 1.12 bits per heavy atom. The first-order valence-electron chi connectivity index (χ1n) is 9.75. The molecule has 0 bridgehead atoms. The van der Waals surface area contributed by atoms with Crippen molar-refractivity contribution < 1.29 is 19.2 Å². The number of aryl methyl sites for hydroxylation is 2. The van der Waals surface area contributed by atoms with Gasteiger partial charge in [-0.1, -0.05) is 40.5 Å². The van der Waals surface area contributed by atoms with Gasteiger partial charge in [0.15, 0.2) is 0 Å². The van der Waals surface area contributed by atoms with E-state index in [9.17, 15) is 14.7 Å². The summed E-state index contributed by atoms with van der Waals surface area (Å²) in [6.45, 7) is 4.10. The lowest BCUT2D eigenvalue weighted by atomic mass is 10.1. The maximum atomic E-state index is 13.0. The third-order valence-corrected chi connectivity index (χ3v) is 6.08. The third kappa shape index (κ3) is 4.09. The molecule has 7 nitrogen and oxygen atoms in total. The number of aromatic nitrogens is 2. The molecule has 0 unspecified atom stereocenters. The van der Waals surface area contributed by atoms with Crippen molar-refractivity contribution in [2.75, 3.05) is 0 Å². The largest absolute Gasteiger partial charge is 0.477 e. The molecule has 1 amide bonds. The Hall–Kier alpha value is -3.29. The molecule has 2 heterocycles. The second kappa shape index (κ2) is 8.68. The summed E-state index contributed by atoms with van der Waals surface area (Å²) in [7, 11) is 0. The lowest BCUT2D eigenvalue weighted by Crippen LogP contribution is -2.23. The molecular weight excluding hydrogens is 453 g/mol. The predicted octanol–water partition coefficient (Wildman–Crippen LogP) is 5.23. The van der Waals surface area contributed by atoms with Gasteiger partial charge in [-0.3, -0.25) is 4.79 Å². The van der Waals surface area contributed by atoms with Crippen LogP contribution in [0.3, 0.4) is 0 Å². The molecule has 32 heavy (non-hydrogen) atoms. The van der Waals surface area contributed by atoms with Crippen LogP contribution >= 0.6 is 23.2 Å². The van der Waals surface area contributed by atoms with Gasteiger partial charge in [-0.25, -0.2) is 4.79 Å². The van der Waals surface area contributed by atoms with Crippen molar-refractivity contribution in [1.29, 1.82) is 0 Å². The topological polar surface area (TPSA) is 97.4 Å². The lowest BCUT2D eigenvalue weighted by molar-refractivity contribution is 0.0686. The first-order valence-corrected chi connectivity index (χ1v) is 10.5. The number of benzene rings is 2. The van der Waals surface area contributed by atoms with Gasteiger partial charge in [0.05, 0.1) is 15.7 Å². The van der Waals surface area contributed by atoms with Crippen LogP contribution in [-0.4, -0.2) is 26.7 Å². The van der Waals surface area contributed by atoms with Crippen LogP contribution in [0.5, 0.6) is 0 Å². The van der Waals surface area contributed by atoms with Crippen LogP contribution in [0, 0.1) is 13.8 Å². The van der Waals surface area contributed by atoms with Crippen LogP contribution in [0.2, 0.25) is 10.0 Å². The van der Waals surface area contributed by atoms with Crippen molar-refractivity contribution in [3.05, 3.63) is 86.3 Å². The molecule has 0 aliphatic rings. The van der Waals surface area contributed by atoms with Crippen LogP contribution in [0.15, 0.2) is 47.0 Å². The average Bonchev–Trinajstić information content (AvgIpc) is 3.29. The summed E-state index contributed by atoms with van der Waals surface area (Å²) in [6.07, 6.45) is 0. The van der Waals surface area contributed by atoms with E-state index in [1.165, 1.54) is 6.07 Å². The Morgan fingerprint density at radius 3 is 2.56 bits per heavy atom. The molecule has 2 N–H and O–H groups in total. The van der Waals surface area contributed by atoms with Gasteiger partial charge in [0.25, 0.3) is 5.91 Å². The fraction of sp³-hybridized carbons (Fsp3) is 0.174.